The highest BCUT2D eigenvalue weighted by Crippen LogP contribution is 2.34. The van der Waals surface area contributed by atoms with Crippen molar-refractivity contribution < 1.29 is 27.8 Å². The molecule has 36 heavy (non-hydrogen) atoms. The van der Waals surface area contributed by atoms with Gasteiger partial charge in [-0.1, -0.05) is 29.8 Å². The summed E-state index contributed by atoms with van der Waals surface area (Å²) >= 11 is 5.97. The van der Waals surface area contributed by atoms with E-state index in [0.717, 1.165) is 12.1 Å². The second-order valence-corrected chi connectivity index (χ2v) is 8.11. The Labute approximate surface area is 209 Å². The van der Waals surface area contributed by atoms with Gasteiger partial charge in [-0.25, -0.2) is 0 Å². The number of anilines is 1. The van der Waals surface area contributed by atoms with Crippen LogP contribution in [0.3, 0.4) is 0 Å². The van der Waals surface area contributed by atoms with Gasteiger partial charge in [0.15, 0.2) is 11.5 Å². The average Bonchev–Trinajstić information content (AvgIpc) is 3.15. The van der Waals surface area contributed by atoms with E-state index < -0.39 is 17.6 Å². The lowest BCUT2D eigenvalue weighted by Gasteiger charge is -2.14. The van der Waals surface area contributed by atoms with Gasteiger partial charge in [-0.15, -0.1) is 0 Å². The highest BCUT2D eigenvalue weighted by molar-refractivity contribution is 6.30. The number of ether oxygens (including phenoxy) is 1. The number of rotatable bonds is 9. The van der Waals surface area contributed by atoms with Crippen molar-refractivity contribution in [1.29, 1.82) is 5.41 Å². The van der Waals surface area contributed by atoms with Crippen LogP contribution >= 0.6 is 11.6 Å². The number of benzene rings is 2. The summed E-state index contributed by atoms with van der Waals surface area (Å²) < 4.78 is 46.6. The predicted molar refractivity (Wildman–Crippen MR) is 130 cm³/mol. The molecule has 8 nitrogen and oxygen atoms in total. The smallest absolute Gasteiger partial charge is 0.416 e. The number of aliphatic hydroxyl groups is 1. The Morgan fingerprint density at radius 2 is 1.94 bits per heavy atom. The molecule has 0 spiro atoms. The van der Waals surface area contributed by atoms with Gasteiger partial charge in [0.1, 0.15) is 5.75 Å². The van der Waals surface area contributed by atoms with E-state index in [1.807, 2.05) is 0 Å². The van der Waals surface area contributed by atoms with Gasteiger partial charge < -0.3 is 25.9 Å². The number of nitrogens with zero attached hydrogens (tertiary/aromatic N) is 2. The molecule has 0 fully saturated rings. The van der Waals surface area contributed by atoms with Gasteiger partial charge in [-0.05, 0) is 48.9 Å². The highest BCUT2D eigenvalue weighted by Gasteiger charge is 2.31. The third kappa shape index (κ3) is 6.79. The fraction of sp³-hybridized carbons (Fsp3) is 0.208. The van der Waals surface area contributed by atoms with Crippen molar-refractivity contribution in [3.05, 3.63) is 82.2 Å². The molecule has 1 aromatic heterocycles. The van der Waals surface area contributed by atoms with Crippen molar-refractivity contribution in [2.24, 2.45) is 0 Å². The van der Waals surface area contributed by atoms with Crippen LogP contribution in [0.5, 0.6) is 11.8 Å². The topological polar surface area (TPSA) is 112 Å². The Morgan fingerprint density at radius 3 is 2.56 bits per heavy atom. The number of allylic oxidation sites excluding steroid dienone is 1. The second-order valence-electron chi connectivity index (χ2n) is 7.68. The molecule has 1 heterocycles. The first kappa shape index (κ1) is 26.6. The summed E-state index contributed by atoms with van der Waals surface area (Å²) in [4.78, 5) is 17.4. The van der Waals surface area contributed by atoms with Gasteiger partial charge >= 0.3 is 12.2 Å². The van der Waals surface area contributed by atoms with E-state index in [1.54, 1.807) is 24.3 Å². The number of imidazole rings is 1. The van der Waals surface area contributed by atoms with Gasteiger partial charge in [-0.3, -0.25) is 9.36 Å². The monoisotopic (exact) mass is 521 g/mol. The van der Waals surface area contributed by atoms with Crippen LogP contribution in [-0.4, -0.2) is 39.9 Å². The third-order valence-electron chi connectivity index (χ3n) is 4.83. The van der Waals surface area contributed by atoms with Crippen LogP contribution in [-0.2, 0) is 12.7 Å². The van der Waals surface area contributed by atoms with Crippen LogP contribution in [0, 0.1) is 5.41 Å². The maximum absolute atomic E-state index is 13.2. The molecule has 0 aliphatic carbocycles. The van der Waals surface area contributed by atoms with Gasteiger partial charge in [0, 0.05) is 12.1 Å². The van der Waals surface area contributed by atoms with E-state index in [2.05, 4.69) is 15.6 Å². The molecule has 0 radical (unpaired) electrons. The number of halogens is 4. The summed E-state index contributed by atoms with van der Waals surface area (Å²) in [5.41, 5.74) is -0.187. The number of carbonyl (C=O) groups excluding carboxylic acids is 1. The molecule has 0 aliphatic rings. The minimum Gasteiger partial charge on any atom is -0.513 e. The molecular formula is C24H23ClF3N5O3. The summed E-state index contributed by atoms with van der Waals surface area (Å²) in [7, 11) is 1.53. The first-order valence-electron chi connectivity index (χ1n) is 10.6. The van der Waals surface area contributed by atoms with E-state index in [0.29, 0.717) is 10.6 Å². The maximum atomic E-state index is 13.2. The van der Waals surface area contributed by atoms with Crippen LogP contribution in [0.4, 0.5) is 19.0 Å². The van der Waals surface area contributed by atoms with E-state index in [-0.39, 0.29) is 47.8 Å². The molecule has 0 aliphatic heterocycles. The summed E-state index contributed by atoms with van der Waals surface area (Å²) in [6, 6.07) is 11.0. The number of alkyl halides is 3. The molecule has 1 amide bonds. The lowest BCUT2D eigenvalue weighted by atomic mass is 10.2. The molecule has 0 unspecified atom stereocenters. The molecule has 190 valence electrons. The molecule has 4 N–H and O–H groups in total. The molecule has 0 saturated heterocycles. The zero-order valence-electron chi connectivity index (χ0n) is 19.3. The standard InChI is InChI=1S/C24H23ClF3N5O3/c1-14(34)10-18(29)12-31-22(35)20-21(30-2)32-23(33(20)13-15-6-8-17(25)9-7-15)36-19-5-3-4-16(11-19)24(26,27)28/h3-11,29-30,34H,12-13H2,1-2H3,(H,31,35)/b14-10-,29-18?. The second kappa shape index (κ2) is 11.2. The molecule has 0 atom stereocenters. The Kier molecular flexibility index (Phi) is 8.25. The first-order chi connectivity index (χ1) is 17.0. The molecule has 12 heteroatoms. The number of amides is 1. The highest BCUT2D eigenvalue weighted by atomic mass is 35.5. The molecule has 0 bridgehead atoms. The predicted octanol–water partition coefficient (Wildman–Crippen LogP) is 5.65. The lowest BCUT2D eigenvalue weighted by molar-refractivity contribution is -0.137. The largest absolute Gasteiger partial charge is 0.513 e. The van der Waals surface area contributed by atoms with Crippen LogP contribution in [0.25, 0.3) is 0 Å². The quantitative estimate of drug-likeness (QED) is 0.215. The third-order valence-corrected chi connectivity index (χ3v) is 5.08. The summed E-state index contributed by atoms with van der Waals surface area (Å²) in [5.74, 6) is -0.709. The minimum absolute atomic E-state index is 0.0342. The number of hydrogen-bond acceptors (Lipinski definition) is 6. The normalized spacial score (nSPS) is 11.8. The van der Waals surface area contributed by atoms with Crippen LogP contribution < -0.4 is 15.4 Å². The van der Waals surface area contributed by atoms with Gasteiger partial charge in [0.25, 0.3) is 5.91 Å². The molecule has 3 rings (SSSR count). The van der Waals surface area contributed by atoms with Crippen molar-refractivity contribution in [3.63, 3.8) is 0 Å². The number of aromatic nitrogens is 2. The zero-order chi connectivity index (χ0) is 26.5. The number of carbonyl (C=O) groups is 1. The maximum Gasteiger partial charge on any atom is 0.416 e. The van der Waals surface area contributed by atoms with E-state index >= 15 is 0 Å². The van der Waals surface area contributed by atoms with Crippen molar-refractivity contribution in [3.8, 4) is 11.8 Å². The Balaban J connectivity index is 2.02. The Bertz CT molecular complexity index is 1280. The molecule has 0 saturated carbocycles. The van der Waals surface area contributed by atoms with E-state index in [9.17, 15) is 23.1 Å². The fourth-order valence-corrected chi connectivity index (χ4v) is 3.36. The summed E-state index contributed by atoms with van der Waals surface area (Å²) in [6.07, 6.45) is -3.38. The molecule has 3 aromatic rings. The molecule has 2 aromatic carbocycles. The number of nitrogens with one attached hydrogen (secondary N) is 3. The van der Waals surface area contributed by atoms with E-state index in [4.69, 9.17) is 21.7 Å². The summed E-state index contributed by atoms with van der Waals surface area (Å²) in [6.45, 7) is 1.29. The van der Waals surface area contributed by atoms with E-state index in [1.165, 1.54) is 36.7 Å². The first-order valence-corrected chi connectivity index (χ1v) is 11.0. The number of aliphatic hydroxyl groups excluding tert-OH is 1. The molecular weight excluding hydrogens is 499 g/mol. The zero-order valence-corrected chi connectivity index (χ0v) is 20.0. The van der Waals surface area contributed by atoms with Crippen LogP contribution in [0.1, 0.15) is 28.5 Å². The minimum atomic E-state index is -4.56. The van der Waals surface area contributed by atoms with Crippen molar-refractivity contribution in [2.45, 2.75) is 19.6 Å². The number of hydrogen-bond donors (Lipinski definition) is 4. The van der Waals surface area contributed by atoms with Gasteiger partial charge in [0.2, 0.25) is 0 Å². The summed E-state index contributed by atoms with van der Waals surface area (Å²) in [5, 5.41) is 23.0. The van der Waals surface area contributed by atoms with Crippen LogP contribution in [0.15, 0.2) is 60.4 Å². The van der Waals surface area contributed by atoms with Crippen LogP contribution in [0.2, 0.25) is 5.02 Å². The lowest BCUT2D eigenvalue weighted by Crippen LogP contribution is -2.31. The van der Waals surface area contributed by atoms with Crippen molar-refractivity contribution in [2.75, 3.05) is 18.9 Å². The average molecular weight is 522 g/mol. The van der Waals surface area contributed by atoms with Gasteiger partial charge in [0.05, 0.1) is 30.1 Å². The van der Waals surface area contributed by atoms with Crippen molar-refractivity contribution in [1.82, 2.24) is 14.9 Å². The Morgan fingerprint density at radius 1 is 1.25 bits per heavy atom. The fourth-order valence-electron chi connectivity index (χ4n) is 3.24. The van der Waals surface area contributed by atoms with Gasteiger partial charge in [-0.2, -0.15) is 18.2 Å². The Hall–Kier alpha value is -3.99. The SMILES string of the molecule is CNc1nc(Oc2cccc(C(F)(F)F)c2)n(Cc2ccc(Cl)cc2)c1C(=O)NCC(=N)/C=C(/C)O. The van der Waals surface area contributed by atoms with Crippen molar-refractivity contribution >= 4 is 29.0 Å².